The highest BCUT2D eigenvalue weighted by Gasteiger charge is 1.87. The highest BCUT2D eigenvalue weighted by Crippen LogP contribution is 2.01. The summed E-state index contributed by atoms with van der Waals surface area (Å²) in [6.07, 6.45) is 0. The molecule has 0 bridgehead atoms. The van der Waals surface area contributed by atoms with Gasteiger partial charge in [0.2, 0.25) is 4.38 Å². The molecule has 0 aliphatic carbocycles. The van der Waals surface area contributed by atoms with Crippen LogP contribution in [0.25, 0.3) is 0 Å². The molecule has 0 N–H and O–H groups in total. The second-order valence-electron chi connectivity index (χ2n) is 0.887. The standard InChI is InChI=1S/C4H8OS2.2CH4/c1-3-7-4(6)5-2;;/h3H2,1-2H3;2*1H4. The van der Waals surface area contributed by atoms with Gasteiger partial charge in [0, 0.05) is 0 Å². The summed E-state index contributed by atoms with van der Waals surface area (Å²) in [6.45, 7) is 2.04. The molecule has 0 fully saturated rings. The van der Waals surface area contributed by atoms with Gasteiger partial charge in [0.05, 0.1) is 7.11 Å². The van der Waals surface area contributed by atoms with E-state index in [9.17, 15) is 0 Å². The number of hydrogen-bond donors (Lipinski definition) is 0. The van der Waals surface area contributed by atoms with Crippen LogP contribution in [-0.2, 0) is 4.74 Å². The van der Waals surface area contributed by atoms with Crippen molar-refractivity contribution >= 4 is 28.4 Å². The first-order valence-electron chi connectivity index (χ1n) is 2.02. The summed E-state index contributed by atoms with van der Waals surface area (Å²) in [6, 6.07) is 0. The Morgan fingerprint density at radius 3 is 2.11 bits per heavy atom. The van der Waals surface area contributed by atoms with Crippen LogP contribution >= 0.6 is 24.0 Å². The lowest BCUT2D eigenvalue weighted by Gasteiger charge is -1.94. The van der Waals surface area contributed by atoms with E-state index in [4.69, 9.17) is 12.2 Å². The highest BCUT2D eigenvalue weighted by molar-refractivity contribution is 8.22. The van der Waals surface area contributed by atoms with Crippen molar-refractivity contribution in [1.82, 2.24) is 0 Å². The fourth-order valence-electron chi connectivity index (χ4n) is 0.177. The molecule has 58 valence electrons. The van der Waals surface area contributed by atoms with E-state index < -0.39 is 0 Å². The fourth-order valence-corrected chi connectivity index (χ4v) is 0.884. The summed E-state index contributed by atoms with van der Waals surface area (Å²) in [5.41, 5.74) is 0. The van der Waals surface area contributed by atoms with Gasteiger partial charge >= 0.3 is 0 Å². The SMILES string of the molecule is C.C.CCSC(=S)OC. The van der Waals surface area contributed by atoms with Crippen LogP contribution in [0.2, 0.25) is 0 Å². The summed E-state index contributed by atoms with van der Waals surface area (Å²) in [5.74, 6) is 0.993. The van der Waals surface area contributed by atoms with E-state index in [0.717, 1.165) is 5.75 Å². The summed E-state index contributed by atoms with van der Waals surface area (Å²) in [7, 11) is 1.59. The molecule has 1 nitrogen and oxygen atoms in total. The third kappa shape index (κ3) is 11.7. The predicted molar refractivity (Wildman–Crippen MR) is 51.2 cm³/mol. The fraction of sp³-hybridized carbons (Fsp3) is 0.833. The number of rotatable bonds is 1. The normalized spacial score (nSPS) is 6.44. The average molecular weight is 168 g/mol. The molecule has 0 unspecified atom stereocenters. The topological polar surface area (TPSA) is 9.23 Å². The predicted octanol–water partition coefficient (Wildman–Crippen LogP) is 2.94. The van der Waals surface area contributed by atoms with Gasteiger partial charge in [-0.15, -0.1) is 0 Å². The lowest BCUT2D eigenvalue weighted by Crippen LogP contribution is -1.88. The van der Waals surface area contributed by atoms with Gasteiger partial charge in [-0.1, -0.05) is 33.5 Å². The van der Waals surface area contributed by atoms with E-state index in [0.29, 0.717) is 4.38 Å². The molecule has 3 heteroatoms. The Morgan fingerprint density at radius 2 is 2.00 bits per heavy atom. The van der Waals surface area contributed by atoms with Crippen molar-refractivity contribution in [2.24, 2.45) is 0 Å². The molecule has 9 heavy (non-hydrogen) atoms. The van der Waals surface area contributed by atoms with Gasteiger partial charge in [-0.05, 0) is 18.0 Å². The van der Waals surface area contributed by atoms with Crippen molar-refractivity contribution in [1.29, 1.82) is 0 Å². The summed E-state index contributed by atoms with van der Waals surface area (Å²) < 4.78 is 5.31. The zero-order valence-electron chi connectivity index (χ0n) is 4.43. The Balaban J connectivity index is -0.000000180. The van der Waals surface area contributed by atoms with Gasteiger partial charge in [-0.25, -0.2) is 0 Å². The molecule has 0 aromatic rings. The first-order chi connectivity index (χ1) is 3.31. The maximum Gasteiger partial charge on any atom is 0.219 e. The van der Waals surface area contributed by atoms with E-state index in [2.05, 4.69) is 4.74 Å². The monoisotopic (exact) mass is 168 g/mol. The van der Waals surface area contributed by atoms with Gasteiger partial charge in [-0.2, -0.15) is 0 Å². The van der Waals surface area contributed by atoms with Crippen molar-refractivity contribution in [2.45, 2.75) is 21.8 Å². The van der Waals surface area contributed by atoms with Crippen LogP contribution < -0.4 is 0 Å². The lowest BCUT2D eigenvalue weighted by molar-refractivity contribution is 0.426. The van der Waals surface area contributed by atoms with Crippen LogP contribution in [0.1, 0.15) is 21.8 Å². The molecule has 0 aliphatic rings. The molecule has 0 aromatic heterocycles. The van der Waals surface area contributed by atoms with Crippen molar-refractivity contribution in [2.75, 3.05) is 12.9 Å². The van der Waals surface area contributed by atoms with Crippen molar-refractivity contribution in [3.05, 3.63) is 0 Å². The minimum atomic E-state index is 0. The summed E-state index contributed by atoms with van der Waals surface area (Å²) in [5, 5.41) is 0. The molecule has 0 saturated carbocycles. The molecule has 0 rings (SSSR count). The number of ether oxygens (including phenoxy) is 1. The van der Waals surface area contributed by atoms with Crippen LogP contribution in [0, 0.1) is 0 Å². The zero-order chi connectivity index (χ0) is 5.70. The Labute approximate surface area is 68.2 Å². The van der Waals surface area contributed by atoms with E-state index in [-0.39, 0.29) is 14.9 Å². The molecular weight excluding hydrogens is 152 g/mol. The molecule has 0 radical (unpaired) electrons. The van der Waals surface area contributed by atoms with Gasteiger partial charge in [0.1, 0.15) is 0 Å². The van der Waals surface area contributed by atoms with E-state index in [1.165, 1.54) is 0 Å². The van der Waals surface area contributed by atoms with Gasteiger partial charge < -0.3 is 4.74 Å². The molecule has 0 heterocycles. The molecular formula is C6H16OS2. The smallest absolute Gasteiger partial charge is 0.219 e. The lowest BCUT2D eigenvalue weighted by atomic mass is 11.0. The van der Waals surface area contributed by atoms with E-state index >= 15 is 0 Å². The first kappa shape index (κ1) is 16.1. The van der Waals surface area contributed by atoms with Crippen LogP contribution in [0.15, 0.2) is 0 Å². The molecule has 0 spiro atoms. The second-order valence-corrected chi connectivity index (χ2v) is 2.75. The Kier molecular flexibility index (Phi) is 19.9. The molecule has 0 aromatic carbocycles. The third-order valence-electron chi connectivity index (χ3n) is 0.429. The number of thioether (sulfide) groups is 1. The van der Waals surface area contributed by atoms with Crippen LogP contribution in [0.4, 0.5) is 0 Å². The second kappa shape index (κ2) is 11.1. The number of thiocarbonyl (C=S) groups is 1. The van der Waals surface area contributed by atoms with Crippen molar-refractivity contribution in [3.8, 4) is 0 Å². The largest absolute Gasteiger partial charge is 0.482 e. The molecule has 0 atom stereocenters. The van der Waals surface area contributed by atoms with E-state index in [1.807, 2.05) is 6.92 Å². The van der Waals surface area contributed by atoms with Crippen LogP contribution in [-0.4, -0.2) is 17.2 Å². The van der Waals surface area contributed by atoms with Crippen LogP contribution in [0.5, 0.6) is 0 Å². The number of methoxy groups -OCH3 is 1. The molecule has 0 amide bonds. The Hall–Kier alpha value is 0.240. The van der Waals surface area contributed by atoms with E-state index in [1.54, 1.807) is 18.9 Å². The maximum atomic E-state index is 4.70. The minimum Gasteiger partial charge on any atom is -0.482 e. The Bertz CT molecular complexity index is 64.1. The highest BCUT2D eigenvalue weighted by atomic mass is 32.2. The van der Waals surface area contributed by atoms with Crippen molar-refractivity contribution < 1.29 is 4.74 Å². The maximum absolute atomic E-state index is 4.70. The zero-order valence-corrected chi connectivity index (χ0v) is 6.06. The molecule has 0 saturated heterocycles. The minimum absolute atomic E-state index is 0. The number of hydrogen-bond acceptors (Lipinski definition) is 3. The molecule has 0 aliphatic heterocycles. The Morgan fingerprint density at radius 1 is 1.56 bits per heavy atom. The first-order valence-corrected chi connectivity index (χ1v) is 3.41. The van der Waals surface area contributed by atoms with Gasteiger partial charge in [0.15, 0.2) is 0 Å². The van der Waals surface area contributed by atoms with Gasteiger partial charge in [0.25, 0.3) is 0 Å². The van der Waals surface area contributed by atoms with Crippen molar-refractivity contribution in [3.63, 3.8) is 0 Å². The van der Waals surface area contributed by atoms with Gasteiger partial charge in [-0.3, -0.25) is 0 Å². The summed E-state index contributed by atoms with van der Waals surface area (Å²) in [4.78, 5) is 0. The van der Waals surface area contributed by atoms with Crippen LogP contribution in [0.3, 0.4) is 0 Å². The third-order valence-corrected chi connectivity index (χ3v) is 1.64. The quantitative estimate of drug-likeness (QED) is 0.557. The average Bonchev–Trinajstić information content (AvgIpc) is 1.68. The summed E-state index contributed by atoms with van der Waals surface area (Å²) >= 11 is 6.24.